The molecule has 2 atom stereocenters. The zero-order chi connectivity index (χ0) is 19.7. The van der Waals surface area contributed by atoms with Gasteiger partial charge in [0.1, 0.15) is 12.3 Å². The van der Waals surface area contributed by atoms with Gasteiger partial charge in [0.15, 0.2) is 6.61 Å². The van der Waals surface area contributed by atoms with Crippen molar-refractivity contribution in [1.29, 1.82) is 0 Å². The van der Waals surface area contributed by atoms with Gasteiger partial charge in [0, 0.05) is 12.5 Å². The standard InChI is InChI=1S/C20H32N2O3/c1-19(2,3)22(8,9)20(4,24)15-25-17-12-10-16(11-13-17)18(23)14-21(5,6)7/h5,8,10-13,24H,14-15H2,1-4,6-7,9H3/q+2. The lowest BCUT2D eigenvalue weighted by Gasteiger charge is -2.49. The van der Waals surface area contributed by atoms with Crippen LogP contribution in [0.1, 0.15) is 38.1 Å². The highest BCUT2D eigenvalue weighted by molar-refractivity contribution is 5.97. The summed E-state index contributed by atoms with van der Waals surface area (Å²) in [4.78, 5) is 12.1. The predicted molar refractivity (Wildman–Crippen MR) is 98.4 cm³/mol. The molecule has 138 valence electrons. The van der Waals surface area contributed by atoms with E-state index in [1.165, 1.54) is 0 Å². The summed E-state index contributed by atoms with van der Waals surface area (Å²) in [7, 11) is 17.4. The Hall–Kier alpha value is -1.43. The van der Waals surface area contributed by atoms with Crippen molar-refractivity contribution < 1.29 is 23.6 Å². The summed E-state index contributed by atoms with van der Waals surface area (Å²) in [5, 5.41) is 10.8. The van der Waals surface area contributed by atoms with Crippen LogP contribution in [0, 0.1) is 14.1 Å². The van der Waals surface area contributed by atoms with Crippen LogP contribution in [-0.2, 0) is 0 Å². The van der Waals surface area contributed by atoms with E-state index in [9.17, 15) is 9.90 Å². The normalized spacial score (nSPS) is 15.6. The molecule has 0 fully saturated rings. The molecule has 0 aromatic heterocycles. The molecule has 0 spiro atoms. The number of ether oxygens (including phenoxy) is 1. The highest BCUT2D eigenvalue weighted by Gasteiger charge is 2.48. The molecule has 0 heterocycles. The zero-order valence-corrected chi connectivity index (χ0v) is 16.5. The van der Waals surface area contributed by atoms with E-state index in [2.05, 4.69) is 0 Å². The van der Waals surface area contributed by atoms with Gasteiger partial charge in [-0.1, -0.05) is 0 Å². The van der Waals surface area contributed by atoms with Crippen LogP contribution in [0.15, 0.2) is 24.3 Å². The van der Waals surface area contributed by atoms with E-state index in [0.29, 0.717) is 11.3 Å². The van der Waals surface area contributed by atoms with Crippen molar-refractivity contribution in [2.45, 2.75) is 39.0 Å². The number of ketones is 1. The number of nitrogens with zero attached hydrogens (tertiary/aromatic N) is 2. The average Bonchev–Trinajstić information content (AvgIpc) is 2.42. The second kappa shape index (κ2) is 7.06. The number of Topliss-reactive ketones (excluding diaryl/α,β-unsaturated/α-hetero) is 1. The van der Waals surface area contributed by atoms with E-state index in [0.717, 1.165) is 0 Å². The van der Waals surface area contributed by atoms with Gasteiger partial charge in [0.25, 0.3) is 0 Å². The average molecular weight is 348 g/mol. The fourth-order valence-corrected chi connectivity index (χ4v) is 2.28. The fraction of sp³-hybridized carbons (Fsp3) is 0.550. The molecule has 0 aliphatic carbocycles. The van der Waals surface area contributed by atoms with Crippen molar-refractivity contribution in [1.82, 2.24) is 0 Å². The molecule has 0 bridgehead atoms. The SMILES string of the molecule is [CH][N+](C)(C)CC(=O)c1ccc(OCC(C)(O)[N+]([CH])(C)C(C)(C)C)cc1. The van der Waals surface area contributed by atoms with Gasteiger partial charge in [0.2, 0.25) is 25.6 Å². The lowest BCUT2D eigenvalue weighted by Crippen LogP contribution is -2.67. The van der Waals surface area contributed by atoms with Crippen LogP contribution in [0.4, 0.5) is 0 Å². The fourth-order valence-electron chi connectivity index (χ4n) is 2.28. The lowest BCUT2D eigenvalue weighted by atomic mass is 9.98. The van der Waals surface area contributed by atoms with Gasteiger partial charge in [-0.2, -0.15) is 0 Å². The molecule has 0 aliphatic rings. The molecule has 5 heteroatoms. The second-order valence-corrected chi connectivity index (χ2v) is 8.64. The molecule has 0 saturated carbocycles. The third-order valence-electron chi connectivity index (χ3n) is 4.63. The molecule has 1 N–H and O–H groups in total. The summed E-state index contributed by atoms with van der Waals surface area (Å²) < 4.78 is 5.67. The Morgan fingerprint density at radius 2 is 1.56 bits per heavy atom. The highest BCUT2D eigenvalue weighted by Crippen LogP contribution is 2.31. The first-order valence-corrected chi connectivity index (χ1v) is 8.32. The molecule has 1 aromatic carbocycles. The molecule has 0 amide bonds. The minimum Gasteiger partial charge on any atom is -0.484 e. The van der Waals surface area contributed by atoms with Crippen molar-refractivity contribution in [2.75, 3.05) is 34.3 Å². The molecule has 4 radical (unpaired) electrons. The Morgan fingerprint density at radius 1 is 1.08 bits per heavy atom. The summed E-state index contributed by atoms with van der Waals surface area (Å²) in [5.74, 6) is 0.525. The van der Waals surface area contributed by atoms with Crippen LogP contribution in [0.3, 0.4) is 0 Å². The predicted octanol–water partition coefficient (Wildman–Crippen LogP) is 2.62. The van der Waals surface area contributed by atoms with Crippen molar-refractivity contribution in [3.8, 4) is 5.75 Å². The van der Waals surface area contributed by atoms with Crippen LogP contribution in [-0.4, -0.2) is 65.4 Å². The van der Waals surface area contributed by atoms with E-state index in [1.807, 2.05) is 20.8 Å². The van der Waals surface area contributed by atoms with Crippen LogP contribution < -0.4 is 4.74 Å². The molecular formula is C20H32N2O3+2. The van der Waals surface area contributed by atoms with Gasteiger partial charge in [-0.05, 0) is 45.0 Å². The number of aliphatic hydroxyl groups is 1. The van der Waals surface area contributed by atoms with Gasteiger partial charge in [0.05, 0.1) is 26.7 Å². The van der Waals surface area contributed by atoms with Crippen molar-refractivity contribution in [3.05, 3.63) is 43.9 Å². The van der Waals surface area contributed by atoms with E-state index in [-0.39, 0.29) is 33.4 Å². The van der Waals surface area contributed by atoms with Crippen molar-refractivity contribution >= 4 is 5.78 Å². The van der Waals surface area contributed by atoms with Gasteiger partial charge < -0.3 is 14.3 Å². The van der Waals surface area contributed by atoms with Gasteiger partial charge in [-0.3, -0.25) is 9.28 Å². The first-order chi connectivity index (χ1) is 11.1. The molecule has 0 aliphatic heterocycles. The number of likely N-dealkylation sites (N-methyl/N-ethyl adjacent to an activating group) is 2. The maximum absolute atomic E-state index is 12.1. The molecular weight excluding hydrogens is 316 g/mol. The van der Waals surface area contributed by atoms with Gasteiger partial charge in [-0.15, -0.1) is 0 Å². The van der Waals surface area contributed by atoms with Crippen LogP contribution in [0.2, 0.25) is 0 Å². The van der Waals surface area contributed by atoms with Crippen molar-refractivity contribution in [2.24, 2.45) is 0 Å². The third-order valence-corrected chi connectivity index (χ3v) is 4.63. The number of carbonyl (C=O) groups excluding carboxylic acids is 1. The Morgan fingerprint density at radius 3 is 1.96 bits per heavy atom. The van der Waals surface area contributed by atoms with E-state index < -0.39 is 5.72 Å². The number of hydrogen-bond acceptors (Lipinski definition) is 3. The highest BCUT2D eigenvalue weighted by atomic mass is 16.5. The quantitative estimate of drug-likeness (QED) is 0.468. The topological polar surface area (TPSA) is 46.5 Å². The number of benzene rings is 1. The van der Waals surface area contributed by atoms with Crippen molar-refractivity contribution in [3.63, 3.8) is 0 Å². The van der Waals surface area contributed by atoms with Crippen LogP contribution in [0.5, 0.6) is 5.75 Å². The van der Waals surface area contributed by atoms with Crippen LogP contribution >= 0.6 is 0 Å². The Labute approximate surface area is 153 Å². The van der Waals surface area contributed by atoms with Gasteiger partial charge in [-0.25, -0.2) is 0 Å². The number of carbonyl (C=O) groups is 1. The maximum Gasteiger partial charge on any atom is 0.233 e. The molecule has 5 nitrogen and oxygen atoms in total. The summed E-state index contributed by atoms with van der Waals surface area (Å²) >= 11 is 0. The largest absolute Gasteiger partial charge is 0.484 e. The molecule has 1 aromatic rings. The summed E-state index contributed by atoms with van der Waals surface area (Å²) in [6.45, 7) is 7.76. The molecule has 25 heavy (non-hydrogen) atoms. The Balaban J connectivity index is 2.78. The number of quaternary nitrogens is 2. The summed E-state index contributed by atoms with van der Waals surface area (Å²) in [5.41, 5.74) is -1.07. The lowest BCUT2D eigenvalue weighted by molar-refractivity contribution is -0.983. The number of hydrogen-bond donors (Lipinski definition) is 1. The summed E-state index contributed by atoms with van der Waals surface area (Å²) in [6, 6.07) is 6.81. The first-order valence-electron chi connectivity index (χ1n) is 8.32. The minimum absolute atomic E-state index is 0.0251. The monoisotopic (exact) mass is 348 g/mol. The molecule has 0 saturated heterocycles. The Bertz CT molecular complexity index is 591. The minimum atomic E-state index is -1.28. The zero-order valence-electron chi connectivity index (χ0n) is 16.5. The van der Waals surface area contributed by atoms with E-state index in [1.54, 1.807) is 52.3 Å². The van der Waals surface area contributed by atoms with E-state index >= 15 is 0 Å². The third kappa shape index (κ3) is 5.53. The smallest absolute Gasteiger partial charge is 0.233 e. The Kier molecular flexibility index (Phi) is 6.10. The second-order valence-electron chi connectivity index (χ2n) is 8.64. The van der Waals surface area contributed by atoms with E-state index in [4.69, 9.17) is 18.8 Å². The maximum atomic E-state index is 12.1. The first kappa shape index (κ1) is 21.6. The van der Waals surface area contributed by atoms with Crippen LogP contribution in [0.25, 0.3) is 0 Å². The van der Waals surface area contributed by atoms with Gasteiger partial charge >= 0.3 is 0 Å². The molecule has 2 unspecified atom stereocenters. The summed E-state index contributed by atoms with van der Waals surface area (Å²) in [6.07, 6.45) is 0. The molecule has 1 rings (SSSR count). The number of rotatable bonds is 7.